The second-order valence-electron chi connectivity index (χ2n) is 7.21. The van der Waals surface area contributed by atoms with Gasteiger partial charge < -0.3 is 10.1 Å². The van der Waals surface area contributed by atoms with E-state index in [9.17, 15) is 14.4 Å². The number of carbonyl (C=O) groups is 3. The van der Waals surface area contributed by atoms with Crippen LogP contribution in [0.4, 0.5) is 0 Å². The van der Waals surface area contributed by atoms with Crippen molar-refractivity contribution < 1.29 is 19.1 Å². The van der Waals surface area contributed by atoms with Crippen LogP contribution in [0.15, 0.2) is 30.5 Å². The molecule has 3 heterocycles. The van der Waals surface area contributed by atoms with Crippen LogP contribution in [0, 0.1) is 0 Å². The lowest BCUT2D eigenvalue weighted by Crippen LogP contribution is -2.39. The molecule has 1 aromatic carbocycles. The molecule has 0 saturated carbocycles. The van der Waals surface area contributed by atoms with Gasteiger partial charge in [0.05, 0.1) is 23.9 Å². The highest BCUT2D eigenvalue weighted by atomic mass is 16.5. The van der Waals surface area contributed by atoms with Crippen LogP contribution in [-0.2, 0) is 35.0 Å². The van der Waals surface area contributed by atoms with Crippen LogP contribution in [0.1, 0.15) is 30.1 Å². The van der Waals surface area contributed by atoms with E-state index in [1.807, 2.05) is 19.2 Å². The van der Waals surface area contributed by atoms with Crippen LogP contribution in [0.3, 0.4) is 0 Å². The minimum atomic E-state index is -0.497. The molecule has 3 aromatic rings. The van der Waals surface area contributed by atoms with Crippen LogP contribution in [0.25, 0.3) is 10.9 Å². The highest BCUT2D eigenvalue weighted by Crippen LogP contribution is 2.34. The van der Waals surface area contributed by atoms with E-state index in [0.717, 1.165) is 11.1 Å². The van der Waals surface area contributed by atoms with Crippen LogP contribution in [-0.4, -0.2) is 43.9 Å². The van der Waals surface area contributed by atoms with Crippen molar-refractivity contribution in [3.05, 3.63) is 41.9 Å². The molecule has 2 aromatic heterocycles. The zero-order valence-corrected chi connectivity index (χ0v) is 16.7. The maximum Gasteiger partial charge on any atom is 0.258 e. The minimum Gasteiger partial charge on any atom is -0.482 e. The van der Waals surface area contributed by atoms with E-state index in [-0.39, 0.29) is 30.7 Å². The molecule has 1 aliphatic heterocycles. The summed E-state index contributed by atoms with van der Waals surface area (Å²) in [5.41, 5.74) is 2.05. The van der Waals surface area contributed by atoms with Crippen molar-refractivity contribution in [1.82, 2.24) is 30.2 Å². The molecule has 0 radical (unpaired) electrons. The first-order valence-corrected chi connectivity index (χ1v) is 9.59. The second kappa shape index (κ2) is 7.97. The predicted molar refractivity (Wildman–Crippen MR) is 106 cm³/mol. The average molecular weight is 410 g/mol. The number of rotatable bonds is 6. The monoisotopic (exact) mass is 410 g/mol. The molecule has 1 atom stereocenters. The van der Waals surface area contributed by atoms with E-state index in [4.69, 9.17) is 4.74 Å². The summed E-state index contributed by atoms with van der Waals surface area (Å²) in [5, 5.41) is 14.6. The van der Waals surface area contributed by atoms with Gasteiger partial charge in [0, 0.05) is 32.1 Å². The minimum absolute atomic E-state index is 0.162. The summed E-state index contributed by atoms with van der Waals surface area (Å²) in [6, 6.07) is 7.23. The van der Waals surface area contributed by atoms with Crippen LogP contribution >= 0.6 is 0 Å². The first-order chi connectivity index (χ1) is 14.4. The summed E-state index contributed by atoms with van der Waals surface area (Å²) in [4.78, 5) is 35.9. The van der Waals surface area contributed by atoms with Gasteiger partial charge in [-0.15, -0.1) is 0 Å². The summed E-state index contributed by atoms with van der Waals surface area (Å²) < 4.78 is 9.05. The number of carbonyl (C=O) groups excluding carboxylic acids is 3. The van der Waals surface area contributed by atoms with Crippen molar-refractivity contribution in [3.8, 4) is 5.75 Å². The number of nitrogens with zero attached hydrogens (tertiary/aromatic N) is 4. The quantitative estimate of drug-likeness (QED) is 0.572. The Hall–Kier alpha value is -3.69. The maximum absolute atomic E-state index is 12.3. The van der Waals surface area contributed by atoms with E-state index < -0.39 is 5.92 Å². The van der Waals surface area contributed by atoms with Gasteiger partial charge in [0.2, 0.25) is 11.8 Å². The molecule has 2 N–H and O–H groups in total. The van der Waals surface area contributed by atoms with Gasteiger partial charge in [-0.05, 0) is 18.6 Å². The number of benzene rings is 1. The number of aromatic nitrogens is 4. The lowest BCUT2D eigenvalue weighted by Gasteiger charge is -2.19. The molecule has 0 bridgehead atoms. The van der Waals surface area contributed by atoms with Crippen molar-refractivity contribution in [1.29, 1.82) is 0 Å². The lowest BCUT2D eigenvalue weighted by molar-refractivity contribution is -0.134. The number of ether oxygens (including phenoxy) is 1. The van der Waals surface area contributed by atoms with Crippen LogP contribution in [0.5, 0.6) is 5.75 Å². The topological polar surface area (TPSA) is 120 Å². The second-order valence-corrected chi connectivity index (χ2v) is 7.21. The summed E-state index contributed by atoms with van der Waals surface area (Å²) in [7, 11) is 3.57. The first kappa shape index (κ1) is 19.6. The molecule has 0 aliphatic carbocycles. The Kier molecular flexibility index (Phi) is 5.21. The zero-order chi connectivity index (χ0) is 21.3. The maximum atomic E-state index is 12.3. The van der Waals surface area contributed by atoms with E-state index in [2.05, 4.69) is 20.8 Å². The van der Waals surface area contributed by atoms with Crippen molar-refractivity contribution in [2.75, 3.05) is 6.61 Å². The third kappa shape index (κ3) is 3.88. The van der Waals surface area contributed by atoms with Crippen LogP contribution in [0.2, 0.25) is 0 Å². The highest BCUT2D eigenvalue weighted by Gasteiger charge is 2.32. The zero-order valence-electron chi connectivity index (χ0n) is 16.7. The summed E-state index contributed by atoms with van der Waals surface area (Å²) >= 11 is 0. The summed E-state index contributed by atoms with van der Waals surface area (Å²) in [6.45, 7) is 0.156. The Morgan fingerprint density at radius 1 is 1.27 bits per heavy atom. The Morgan fingerprint density at radius 3 is 2.83 bits per heavy atom. The molecule has 1 unspecified atom stereocenters. The first-order valence-electron chi connectivity index (χ1n) is 9.59. The normalized spacial score (nSPS) is 16.5. The van der Waals surface area contributed by atoms with Gasteiger partial charge in [-0.3, -0.25) is 29.1 Å². The third-order valence-electron chi connectivity index (χ3n) is 5.02. The Labute approximate surface area is 172 Å². The number of amides is 3. The van der Waals surface area contributed by atoms with Crippen molar-refractivity contribution in [3.63, 3.8) is 0 Å². The number of aryl methyl sites for hydroxylation is 2. The molecule has 10 nitrogen and oxygen atoms in total. The largest absolute Gasteiger partial charge is 0.482 e. The van der Waals surface area contributed by atoms with Crippen LogP contribution < -0.4 is 15.4 Å². The smallest absolute Gasteiger partial charge is 0.258 e. The molecular weight excluding hydrogens is 388 g/mol. The molecule has 4 rings (SSSR count). The fraction of sp³-hybridized carbons (Fsp3) is 0.350. The third-order valence-corrected chi connectivity index (χ3v) is 5.02. The molecule has 1 saturated heterocycles. The fourth-order valence-corrected chi connectivity index (χ4v) is 3.60. The van der Waals surface area contributed by atoms with Gasteiger partial charge in [-0.2, -0.15) is 10.2 Å². The molecule has 30 heavy (non-hydrogen) atoms. The molecule has 156 valence electrons. The summed E-state index contributed by atoms with van der Waals surface area (Å²) in [5.74, 6) is -0.883. The SMILES string of the molecule is Cn1ccc(CNC(=O)COc2cccc3c(C4CCC(=O)NC4=O)nn(C)c23)n1. The van der Waals surface area contributed by atoms with E-state index >= 15 is 0 Å². The predicted octanol–water partition coefficient (Wildman–Crippen LogP) is 0.522. The Balaban J connectivity index is 1.48. The number of fused-ring (bicyclic) bond motifs is 1. The summed E-state index contributed by atoms with van der Waals surface area (Å²) in [6.07, 6.45) is 2.50. The van der Waals surface area contributed by atoms with Crippen molar-refractivity contribution >= 4 is 28.6 Å². The lowest BCUT2D eigenvalue weighted by atomic mass is 9.93. The fourth-order valence-electron chi connectivity index (χ4n) is 3.60. The number of piperidine rings is 1. The van der Waals surface area contributed by atoms with E-state index in [1.165, 1.54) is 0 Å². The van der Waals surface area contributed by atoms with Gasteiger partial charge in [0.15, 0.2) is 6.61 Å². The Morgan fingerprint density at radius 2 is 2.10 bits per heavy atom. The van der Waals surface area contributed by atoms with Gasteiger partial charge in [0.1, 0.15) is 11.3 Å². The average Bonchev–Trinajstić information content (AvgIpc) is 3.28. The number of para-hydroxylation sites is 1. The van der Waals surface area contributed by atoms with Gasteiger partial charge in [-0.1, -0.05) is 12.1 Å². The van der Waals surface area contributed by atoms with Crippen molar-refractivity contribution in [2.45, 2.75) is 25.3 Å². The van der Waals surface area contributed by atoms with Gasteiger partial charge in [-0.25, -0.2) is 0 Å². The van der Waals surface area contributed by atoms with Gasteiger partial charge >= 0.3 is 0 Å². The van der Waals surface area contributed by atoms with E-state index in [1.54, 1.807) is 34.7 Å². The Bertz CT molecular complexity index is 1130. The molecule has 0 spiro atoms. The number of hydrogen-bond acceptors (Lipinski definition) is 6. The molecule has 1 aliphatic rings. The van der Waals surface area contributed by atoms with E-state index in [0.29, 0.717) is 29.9 Å². The highest BCUT2D eigenvalue weighted by molar-refractivity contribution is 6.03. The number of hydrogen-bond donors (Lipinski definition) is 2. The van der Waals surface area contributed by atoms with Crippen molar-refractivity contribution in [2.24, 2.45) is 14.1 Å². The number of imide groups is 1. The van der Waals surface area contributed by atoms with Gasteiger partial charge in [0.25, 0.3) is 5.91 Å². The molecule has 10 heteroatoms. The molecule has 3 amide bonds. The molecule has 1 fully saturated rings. The molecular formula is C20H22N6O4. The number of nitrogens with one attached hydrogen (secondary N) is 2. The standard InChI is InChI=1S/C20H22N6O4/c1-25-9-8-12(23-25)10-21-17(28)11-30-15-5-3-4-13-18(24-26(2)19(13)15)14-6-7-16(27)22-20(14)29/h3-5,8-9,14H,6-7,10-11H2,1-2H3,(H,21,28)(H,22,27,29).